The molecule has 0 aliphatic heterocycles. The fourth-order valence-electron chi connectivity index (χ4n) is 2.00. The minimum absolute atomic E-state index is 0.165. The number of ether oxygens (including phenoxy) is 1. The van der Waals surface area contributed by atoms with Crippen molar-refractivity contribution < 1.29 is 9.53 Å². The van der Waals surface area contributed by atoms with Crippen LogP contribution in [0.25, 0.3) is 0 Å². The summed E-state index contributed by atoms with van der Waals surface area (Å²) >= 11 is 0. The van der Waals surface area contributed by atoms with Crippen molar-refractivity contribution in [1.29, 1.82) is 0 Å². The fraction of sp³-hybridized carbons (Fsp3) is 0.688. The molecule has 22 heavy (non-hydrogen) atoms. The molecule has 1 aromatic rings. The van der Waals surface area contributed by atoms with E-state index in [1.807, 2.05) is 6.92 Å². The van der Waals surface area contributed by atoms with Crippen LogP contribution in [0.3, 0.4) is 0 Å². The number of alkyl carbamates (subject to hydrolysis) is 1. The largest absolute Gasteiger partial charge is 0.453 e. The van der Waals surface area contributed by atoms with Crippen LogP contribution in [0.4, 0.5) is 4.79 Å². The van der Waals surface area contributed by atoms with E-state index in [0.717, 1.165) is 24.5 Å². The van der Waals surface area contributed by atoms with Crippen LogP contribution in [0.15, 0.2) is 12.4 Å². The first kappa shape index (κ1) is 20.3. The highest BCUT2D eigenvalue weighted by atomic mass is 16.5. The SMILES string of the molecule is CCC.CCN(CCNC(=O)OC)C(C)c1nccnc1C. The molecule has 1 rings (SSSR count). The zero-order chi connectivity index (χ0) is 17.0. The van der Waals surface area contributed by atoms with E-state index in [4.69, 9.17) is 0 Å². The van der Waals surface area contributed by atoms with Crippen LogP contribution in [0.1, 0.15) is 51.5 Å². The topological polar surface area (TPSA) is 67.4 Å². The maximum Gasteiger partial charge on any atom is 0.406 e. The molecule has 0 bridgehead atoms. The Morgan fingerprint density at radius 3 is 2.41 bits per heavy atom. The van der Waals surface area contributed by atoms with Crippen molar-refractivity contribution in [1.82, 2.24) is 20.2 Å². The van der Waals surface area contributed by atoms with Crippen molar-refractivity contribution in [2.24, 2.45) is 0 Å². The van der Waals surface area contributed by atoms with Crippen LogP contribution in [0.5, 0.6) is 0 Å². The molecule has 6 heteroatoms. The molecule has 0 aliphatic carbocycles. The highest BCUT2D eigenvalue weighted by Gasteiger charge is 2.17. The molecule has 0 aliphatic rings. The molecule has 0 radical (unpaired) electrons. The first-order chi connectivity index (χ1) is 10.5. The molecule has 6 nitrogen and oxygen atoms in total. The molecule has 1 atom stereocenters. The van der Waals surface area contributed by atoms with E-state index in [1.54, 1.807) is 12.4 Å². The Hall–Kier alpha value is -1.69. The molecule has 1 N–H and O–H groups in total. The van der Waals surface area contributed by atoms with Gasteiger partial charge in [0, 0.05) is 25.5 Å². The molecule has 0 spiro atoms. The Balaban J connectivity index is 0.00000135. The summed E-state index contributed by atoms with van der Waals surface area (Å²) in [5, 5.41) is 2.68. The van der Waals surface area contributed by atoms with Crippen molar-refractivity contribution in [3.8, 4) is 0 Å². The summed E-state index contributed by atoms with van der Waals surface area (Å²) in [7, 11) is 1.36. The lowest BCUT2D eigenvalue weighted by Gasteiger charge is -2.27. The van der Waals surface area contributed by atoms with Crippen molar-refractivity contribution in [3.05, 3.63) is 23.8 Å². The van der Waals surface area contributed by atoms with E-state index < -0.39 is 6.09 Å². The summed E-state index contributed by atoms with van der Waals surface area (Å²) in [6.45, 7) is 12.5. The van der Waals surface area contributed by atoms with Crippen molar-refractivity contribution >= 4 is 6.09 Å². The van der Waals surface area contributed by atoms with Gasteiger partial charge in [0.1, 0.15) is 0 Å². The number of nitrogens with one attached hydrogen (secondary N) is 1. The predicted octanol–water partition coefficient (Wildman–Crippen LogP) is 2.94. The molecule has 1 amide bonds. The van der Waals surface area contributed by atoms with Gasteiger partial charge in [-0.1, -0.05) is 27.2 Å². The summed E-state index contributed by atoms with van der Waals surface area (Å²) in [4.78, 5) is 21.9. The summed E-state index contributed by atoms with van der Waals surface area (Å²) < 4.78 is 4.54. The van der Waals surface area contributed by atoms with Gasteiger partial charge in [0.05, 0.1) is 24.5 Å². The number of rotatable bonds is 6. The Kier molecular flexibility index (Phi) is 11.0. The number of amides is 1. The van der Waals surface area contributed by atoms with Crippen LogP contribution in [-0.4, -0.2) is 47.7 Å². The van der Waals surface area contributed by atoms with Gasteiger partial charge >= 0.3 is 6.09 Å². The molecular weight excluding hydrogens is 280 g/mol. The third-order valence-electron chi connectivity index (χ3n) is 3.12. The van der Waals surface area contributed by atoms with Crippen LogP contribution in [0, 0.1) is 6.92 Å². The summed E-state index contributed by atoms with van der Waals surface area (Å²) in [5.74, 6) is 0. The van der Waals surface area contributed by atoms with Gasteiger partial charge in [-0.15, -0.1) is 0 Å². The number of aryl methyl sites for hydroxylation is 1. The van der Waals surface area contributed by atoms with Gasteiger partial charge in [-0.3, -0.25) is 14.9 Å². The van der Waals surface area contributed by atoms with E-state index in [0.29, 0.717) is 6.54 Å². The highest BCUT2D eigenvalue weighted by molar-refractivity contribution is 5.66. The number of carbonyl (C=O) groups excluding carboxylic acids is 1. The molecule has 0 saturated heterocycles. The minimum atomic E-state index is -0.403. The lowest BCUT2D eigenvalue weighted by molar-refractivity contribution is 0.165. The predicted molar refractivity (Wildman–Crippen MR) is 88.8 cm³/mol. The second kappa shape index (κ2) is 11.9. The van der Waals surface area contributed by atoms with E-state index in [-0.39, 0.29) is 6.04 Å². The Bertz CT molecular complexity index is 426. The Labute approximate surface area is 134 Å². The normalized spacial score (nSPS) is 11.4. The van der Waals surface area contributed by atoms with Gasteiger partial charge in [-0.05, 0) is 20.4 Å². The van der Waals surface area contributed by atoms with E-state index >= 15 is 0 Å². The van der Waals surface area contributed by atoms with E-state index in [1.165, 1.54) is 13.5 Å². The van der Waals surface area contributed by atoms with Gasteiger partial charge in [-0.2, -0.15) is 0 Å². The third-order valence-corrected chi connectivity index (χ3v) is 3.12. The second-order valence-corrected chi connectivity index (χ2v) is 4.96. The Morgan fingerprint density at radius 2 is 1.91 bits per heavy atom. The first-order valence-corrected chi connectivity index (χ1v) is 7.84. The zero-order valence-electron chi connectivity index (χ0n) is 14.7. The number of carbonyl (C=O) groups is 1. The number of methoxy groups -OCH3 is 1. The van der Waals surface area contributed by atoms with Crippen molar-refractivity contribution in [3.63, 3.8) is 0 Å². The number of likely N-dealkylation sites (N-methyl/N-ethyl adjacent to an activating group) is 1. The molecule has 0 saturated carbocycles. The number of hydrogen-bond acceptors (Lipinski definition) is 5. The minimum Gasteiger partial charge on any atom is -0.453 e. The Morgan fingerprint density at radius 1 is 1.32 bits per heavy atom. The van der Waals surface area contributed by atoms with Crippen molar-refractivity contribution in [2.75, 3.05) is 26.7 Å². The van der Waals surface area contributed by atoms with Gasteiger partial charge in [0.15, 0.2) is 0 Å². The summed E-state index contributed by atoms with van der Waals surface area (Å²) in [6.07, 6.45) is 4.25. The highest BCUT2D eigenvalue weighted by Crippen LogP contribution is 2.18. The number of aromatic nitrogens is 2. The van der Waals surface area contributed by atoms with Gasteiger partial charge in [0.25, 0.3) is 0 Å². The van der Waals surface area contributed by atoms with Crippen molar-refractivity contribution in [2.45, 2.75) is 47.1 Å². The zero-order valence-corrected chi connectivity index (χ0v) is 14.7. The summed E-state index contributed by atoms with van der Waals surface area (Å²) in [5.41, 5.74) is 1.91. The van der Waals surface area contributed by atoms with Crippen LogP contribution < -0.4 is 5.32 Å². The molecule has 1 aromatic heterocycles. The molecular formula is C16H30N4O2. The van der Waals surface area contributed by atoms with Gasteiger partial charge in [-0.25, -0.2) is 4.79 Å². The van der Waals surface area contributed by atoms with E-state index in [2.05, 4.69) is 52.6 Å². The number of hydrogen-bond donors (Lipinski definition) is 1. The van der Waals surface area contributed by atoms with Crippen LogP contribution >= 0.6 is 0 Å². The second-order valence-electron chi connectivity index (χ2n) is 4.96. The molecule has 0 aromatic carbocycles. The smallest absolute Gasteiger partial charge is 0.406 e. The molecule has 1 unspecified atom stereocenters. The van der Waals surface area contributed by atoms with Crippen LogP contribution in [0.2, 0.25) is 0 Å². The standard InChI is InChI=1S/C13H22N4O2.C3H8/c1-5-17(9-8-16-13(18)19-4)11(3)12-10(2)14-6-7-15-12;1-3-2/h6-7,11H,5,8-9H2,1-4H3,(H,16,18);3H2,1-2H3. The lowest BCUT2D eigenvalue weighted by Crippen LogP contribution is -2.36. The first-order valence-electron chi connectivity index (χ1n) is 7.84. The monoisotopic (exact) mass is 310 g/mol. The lowest BCUT2D eigenvalue weighted by atomic mass is 10.1. The average Bonchev–Trinajstić information content (AvgIpc) is 2.52. The quantitative estimate of drug-likeness (QED) is 0.875. The molecule has 1 heterocycles. The number of nitrogens with zero attached hydrogens (tertiary/aromatic N) is 3. The average molecular weight is 310 g/mol. The maximum atomic E-state index is 11.0. The molecule has 0 fully saturated rings. The maximum absolute atomic E-state index is 11.0. The fourth-order valence-corrected chi connectivity index (χ4v) is 2.00. The summed E-state index contributed by atoms with van der Waals surface area (Å²) in [6, 6.07) is 0.165. The van der Waals surface area contributed by atoms with Crippen LogP contribution in [-0.2, 0) is 4.74 Å². The van der Waals surface area contributed by atoms with Gasteiger partial charge < -0.3 is 10.1 Å². The third kappa shape index (κ3) is 7.36. The van der Waals surface area contributed by atoms with E-state index in [9.17, 15) is 4.79 Å². The van der Waals surface area contributed by atoms with Gasteiger partial charge in [0.2, 0.25) is 0 Å². The molecule has 126 valence electrons.